The van der Waals surface area contributed by atoms with Gasteiger partial charge in [0, 0.05) is 17.9 Å². The minimum atomic E-state index is 0.563. The molecule has 0 bridgehead atoms. The van der Waals surface area contributed by atoms with Gasteiger partial charge in [0.25, 0.3) is 0 Å². The molecule has 3 aromatic carbocycles. The Morgan fingerprint density at radius 1 is 0.737 bits per heavy atom. The summed E-state index contributed by atoms with van der Waals surface area (Å²) in [5, 5.41) is 5.91. The number of hydrogen-bond acceptors (Lipinski definition) is 2. The lowest BCUT2D eigenvalue weighted by atomic mass is 10.1. The maximum absolute atomic E-state index is 5.66. The number of fused-ring (bicyclic) bond motifs is 1. The number of nitrogens with two attached hydrogens (primary N) is 1. The van der Waals surface area contributed by atoms with Crippen LogP contribution in [0.4, 0.5) is 11.4 Å². The molecule has 3 rings (SSSR count). The fraction of sp³-hybridized carbons (Fsp3) is 0.0588. The zero-order valence-electron chi connectivity index (χ0n) is 10.6. The van der Waals surface area contributed by atoms with E-state index in [9.17, 15) is 0 Å². The van der Waals surface area contributed by atoms with Gasteiger partial charge in [-0.2, -0.15) is 0 Å². The monoisotopic (exact) mass is 248 g/mol. The van der Waals surface area contributed by atoms with Crippen molar-refractivity contribution in [1.82, 2.24) is 0 Å². The molecule has 3 N–H and O–H groups in total. The Morgan fingerprint density at radius 2 is 1.53 bits per heavy atom. The molecule has 2 nitrogen and oxygen atoms in total. The van der Waals surface area contributed by atoms with Crippen molar-refractivity contribution in [3.05, 3.63) is 72.3 Å². The van der Waals surface area contributed by atoms with E-state index in [1.807, 2.05) is 18.2 Å². The highest BCUT2D eigenvalue weighted by atomic mass is 14.9. The molecule has 0 aliphatic carbocycles. The molecule has 0 atom stereocenters. The minimum absolute atomic E-state index is 0.563. The summed E-state index contributed by atoms with van der Waals surface area (Å²) >= 11 is 0. The van der Waals surface area contributed by atoms with Crippen molar-refractivity contribution in [1.29, 1.82) is 0 Å². The molecule has 0 saturated heterocycles. The molecule has 3 aromatic rings. The van der Waals surface area contributed by atoms with Crippen molar-refractivity contribution in [2.45, 2.75) is 6.54 Å². The average molecular weight is 248 g/mol. The molecule has 0 amide bonds. The molecule has 0 heterocycles. The van der Waals surface area contributed by atoms with Crippen LogP contribution >= 0.6 is 0 Å². The van der Waals surface area contributed by atoms with Crippen LogP contribution in [-0.2, 0) is 6.54 Å². The van der Waals surface area contributed by atoms with Crippen molar-refractivity contribution in [2.24, 2.45) is 5.73 Å². The van der Waals surface area contributed by atoms with Gasteiger partial charge in [0.15, 0.2) is 0 Å². The highest BCUT2D eigenvalue weighted by molar-refractivity contribution is 5.86. The molecule has 0 unspecified atom stereocenters. The maximum Gasteiger partial charge on any atom is 0.0390 e. The average Bonchev–Trinajstić information content (AvgIpc) is 2.47. The third-order valence-electron chi connectivity index (χ3n) is 3.20. The van der Waals surface area contributed by atoms with Gasteiger partial charge < -0.3 is 11.1 Å². The SMILES string of the molecule is NCc1cccc(Nc2ccc3ccccc3c2)c1. The summed E-state index contributed by atoms with van der Waals surface area (Å²) in [5.74, 6) is 0. The summed E-state index contributed by atoms with van der Waals surface area (Å²) in [5.41, 5.74) is 8.95. The quantitative estimate of drug-likeness (QED) is 0.734. The van der Waals surface area contributed by atoms with Crippen LogP contribution in [0.2, 0.25) is 0 Å². The van der Waals surface area contributed by atoms with Crippen LogP contribution in [0.25, 0.3) is 10.8 Å². The zero-order valence-corrected chi connectivity index (χ0v) is 10.6. The second-order valence-corrected chi connectivity index (χ2v) is 4.59. The largest absolute Gasteiger partial charge is 0.356 e. The number of nitrogens with one attached hydrogen (secondary N) is 1. The first-order valence-corrected chi connectivity index (χ1v) is 6.40. The Balaban J connectivity index is 1.92. The molecule has 0 aromatic heterocycles. The van der Waals surface area contributed by atoms with Crippen molar-refractivity contribution in [2.75, 3.05) is 5.32 Å². The lowest BCUT2D eigenvalue weighted by molar-refractivity contribution is 1.07. The van der Waals surface area contributed by atoms with Gasteiger partial charge in [-0.1, -0.05) is 42.5 Å². The number of anilines is 2. The van der Waals surface area contributed by atoms with Crippen molar-refractivity contribution < 1.29 is 0 Å². The van der Waals surface area contributed by atoms with Crippen LogP contribution < -0.4 is 11.1 Å². The van der Waals surface area contributed by atoms with Crippen molar-refractivity contribution >= 4 is 22.1 Å². The molecule has 0 aliphatic rings. The number of hydrogen-bond donors (Lipinski definition) is 2. The van der Waals surface area contributed by atoms with Gasteiger partial charge in [-0.05, 0) is 40.6 Å². The highest BCUT2D eigenvalue weighted by Crippen LogP contribution is 2.22. The summed E-state index contributed by atoms with van der Waals surface area (Å²) in [4.78, 5) is 0. The molecule has 0 spiro atoms. The van der Waals surface area contributed by atoms with E-state index in [-0.39, 0.29) is 0 Å². The smallest absolute Gasteiger partial charge is 0.0390 e. The van der Waals surface area contributed by atoms with Crippen LogP contribution in [0, 0.1) is 0 Å². The predicted octanol–water partition coefficient (Wildman–Crippen LogP) is 4.04. The minimum Gasteiger partial charge on any atom is -0.356 e. The molecule has 2 heteroatoms. The molecular formula is C17H16N2. The van der Waals surface area contributed by atoms with E-state index in [1.165, 1.54) is 10.8 Å². The van der Waals surface area contributed by atoms with Gasteiger partial charge >= 0.3 is 0 Å². The second-order valence-electron chi connectivity index (χ2n) is 4.59. The first kappa shape index (κ1) is 11.8. The van der Waals surface area contributed by atoms with Gasteiger partial charge in [-0.3, -0.25) is 0 Å². The third kappa shape index (κ3) is 2.59. The molecule has 0 radical (unpaired) electrons. The third-order valence-corrected chi connectivity index (χ3v) is 3.20. The maximum atomic E-state index is 5.66. The molecule has 0 aliphatic heterocycles. The van der Waals surface area contributed by atoms with Crippen LogP contribution in [0.5, 0.6) is 0 Å². The fourth-order valence-corrected chi connectivity index (χ4v) is 2.21. The summed E-state index contributed by atoms with van der Waals surface area (Å²) < 4.78 is 0. The summed E-state index contributed by atoms with van der Waals surface area (Å²) in [6, 6.07) is 22.9. The van der Waals surface area contributed by atoms with Crippen molar-refractivity contribution in [3.8, 4) is 0 Å². The molecule has 0 saturated carbocycles. The van der Waals surface area contributed by atoms with E-state index in [4.69, 9.17) is 5.73 Å². The van der Waals surface area contributed by atoms with Gasteiger partial charge in [0.05, 0.1) is 0 Å². The molecule has 0 fully saturated rings. The Bertz CT molecular complexity index is 704. The molecular weight excluding hydrogens is 232 g/mol. The van der Waals surface area contributed by atoms with Gasteiger partial charge in [0.2, 0.25) is 0 Å². The van der Waals surface area contributed by atoms with Crippen molar-refractivity contribution in [3.63, 3.8) is 0 Å². The van der Waals surface area contributed by atoms with Gasteiger partial charge in [0.1, 0.15) is 0 Å². The second kappa shape index (κ2) is 5.12. The van der Waals surface area contributed by atoms with E-state index >= 15 is 0 Å². The summed E-state index contributed by atoms with van der Waals surface area (Å²) in [6.07, 6.45) is 0. The van der Waals surface area contributed by atoms with E-state index in [1.54, 1.807) is 0 Å². The normalized spacial score (nSPS) is 10.6. The van der Waals surface area contributed by atoms with Crippen LogP contribution in [0.3, 0.4) is 0 Å². The summed E-state index contributed by atoms with van der Waals surface area (Å²) in [6.45, 7) is 0.563. The first-order valence-electron chi connectivity index (χ1n) is 6.40. The first-order chi connectivity index (χ1) is 9.35. The van der Waals surface area contributed by atoms with Crippen LogP contribution in [-0.4, -0.2) is 0 Å². The van der Waals surface area contributed by atoms with E-state index in [0.717, 1.165) is 16.9 Å². The molecule has 19 heavy (non-hydrogen) atoms. The zero-order chi connectivity index (χ0) is 13.1. The Kier molecular flexibility index (Phi) is 3.17. The lowest BCUT2D eigenvalue weighted by Gasteiger charge is -2.09. The Labute approximate surface area is 112 Å². The lowest BCUT2D eigenvalue weighted by Crippen LogP contribution is -1.97. The highest BCUT2D eigenvalue weighted by Gasteiger charge is 1.98. The van der Waals surface area contributed by atoms with Gasteiger partial charge in [-0.15, -0.1) is 0 Å². The molecule has 94 valence electrons. The topological polar surface area (TPSA) is 38.0 Å². The Hall–Kier alpha value is -2.32. The van der Waals surface area contributed by atoms with Crippen LogP contribution in [0.1, 0.15) is 5.56 Å². The Morgan fingerprint density at radius 3 is 2.37 bits per heavy atom. The predicted molar refractivity (Wildman–Crippen MR) is 81.6 cm³/mol. The number of benzene rings is 3. The standard InChI is InChI=1S/C17H16N2/c18-12-13-4-3-7-16(10-13)19-17-9-8-14-5-1-2-6-15(14)11-17/h1-11,19H,12,18H2. The van der Waals surface area contributed by atoms with E-state index in [2.05, 4.69) is 53.8 Å². The van der Waals surface area contributed by atoms with Crippen LogP contribution in [0.15, 0.2) is 66.7 Å². The van der Waals surface area contributed by atoms with E-state index in [0.29, 0.717) is 6.54 Å². The summed E-state index contributed by atoms with van der Waals surface area (Å²) in [7, 11) is 0. The number of rotatable bonds is 3. The van der Waals surface area contributed by atoms with E-state index < -0.39 is 0 Å². The van der Waals surface area contributed by atoms with Gasteiger partial charge in [-0.25, -0.2) is 0 Å². The fourth-order valence-electron chi connectivity index (χ4n) is 2.21.